The Balaban J connectivity index is 1.31. The normalized spacial score (nSPS) is 15.9. The van der Waals surface area contributed by atoms with Crippen molar-refractivity contribution < 1.29 is 14.3 Å². The first-order valence-corrected chi connectivity index (χ1v) is 11.4. The molecule has 0 radical (unpaired) electrons. The van der Waals surface area contributed by atoms with Gasteiger partial charge < -0.3 is 20.4 Å². The van der Waals surface area contributed by atoms with Crippen LogP contribution in [0.25, 0.3) is 11.0 Å². The van der Waals surface area contributed by atoms with Crippen molar-refractivity contribution >= 4 is 22.9 Å². The van der Waals surface area contributed by atoms with Crippen LogP contribution in [0.3, 0.4) is 0 Å². The molecule has 34 heavy (non-hydrogen) atoms. The molecule has 1 aliphatic heterocycles. The molecule has 2 heterocycles. The number of hydrogen-bond acceptors (Lipinski definition) is 5. The van der Waals surface area contributed by atoms with Crippen LogP contribution in [0, 0.1) is 0 Å². The van der Waals surface area contributed by atoms with Crippen molar-refractivity contribution in [2.75, 3.05) is 0 Å². The van der Waals surface area contributed by atoms with Gasteiger partial charge >= 0.3 is 5.97 Å². The van der Waals surface area contributed by atoms with Crippen LogP contribution >= 0.6 is 0 Å². The third kappa shape index (κ3) is 5.00. The van der Waals surface area contributed by atoms with Gasteiger partial charge in [0.25, 0.3) is 0 Å². The topological polar surface area (TPSA) is 96.1 Å². The molecule has 0 spiro atoms. The maximum absolute atomic E-state index is 13.2. The number of benzene rings is 3. The van der Waals surface area contributed by atoms with Crippen molar-refractivity contribution in [2.24, 2.45) is 0 Å². The Morgan fingerprint density at radius 3 is 2.53 bits per heavy atom. The molecule has 0 saturated heterocycles. The summed E-state index contributed by atoms with van der Waals surface area (Å²) in [7, 11) is 0. The van der Waals surface area contributed by atoms with Crippen molar-refractivity contribution in [3.63, 3.8) is 0 Å². The first-order chi connectivity index (χ1) is 16.7. The van der Waals surface area contributed by atoms with Crippen molar-refractivity contribution in [2.45, 2.75) is 38.1 Å². The highest BCUT2D eigenvalue weighted by atomic mass is 16.5. The summed E-state index contributed by atoms with van der Waals surface area (Å²) >= 11 is 0. The Labute approximate surface area is 197 Å². The maximum atomic E-state index is 13.2. The van der Waals surface area contributed by atoms with Crippen LogP contribution in [0.4, 0.5) is 0 Å². The second-order valence-electron chi connectivity index (χ2n) is 8.46. The number of amides is 1. The molecular formula is C27H26N4O3. The van der Waals surface area contributed by atoms with E-state index >= 15 is 0 Å². The summed E-state index contributed by atoms with van der Waals surface area (Å²) in [5.41, 5.74) is 4.89. The number of para-hydroxylation sites is 2. The first kappa shape index (κ1) is 21.9. The van der Waals surface area contributed by atoms with Gasteiger partial charge in [0.1, 0.15) is 12.4 Å². The quantitative estimate of drug-likeness (QED) is 0.371. The van der Waals surface area contributed by atoms with Crippen molar-refractivity contribution in [3.8, 4) is 0 Å². The Bertz CT molecular complexity index is 1270. The Morgan fingerprint density at radius 2 is 1.71 bits per heavy atom. The van der Waals surface area contributed by atoms with E-state index in [1.165, 1.54) is 5.56 Å². The lowest BCUT2D eigenvalue weighted by Crippen LogP contribution is -2.48. The molecule has 0 unspecified atom stereocenters. The molecule has 0 bridgehead atoms. The highest BCUT2D eigenvalue weighted by molar-refractivity contribution is 5.84. The number of carbonyl (C=O) groups is 2. The number of nitrogens with one attached hydrogen (secondary N) is 3. The molecule has 172 valence electrons. The lowest BCUT2D eigenvalue weighted by Gasteiger charge is -2.27. The predicted octanol–water partition coefficient (Wildman–Crippen LogP) is 3.57. The van der Waals surface area contributed by atoms with Crippen LogP contribution in [-0.4, -0.2) is 27.9 Å². The van der Waals surface area contributed by atoms with Crippen LogP contribution in [0.5, 0.6) is 0 Å². The van der Waals surface area contributed by atoms with Crippen LogP contribution in [0.1, 0.15) is 35.0 Å². The van der Waals surface area contributed by atoms with E-state index in [1.54, 1.807) is 0 Å². The maximum Gasteiger partial charge on any atom is 0.308 e. The number of esters is 1. The molecule has 0 fully saturated rings. The zero-order valence-corrected chi connectivity index (χ0v) is 18.7. The number of ether oxygens (including phenoxy) is 1. The van der Waals surface area contributed by atoms with E-state index in [0.29, 0.717) is 18.8 Å². The number of H-pyrrole nitrogens is 1. The van der Waals surface area contributed by atoms with Gasteiger partial charge in [0.05, 0.1) is 29.5 Å². The molecule has 7 heteroatoms. The minimum atomic E-state index is -0.637. The number of fused-ring (bicyclic) bond motifs is 2. The second kappa shape index (κ2) is 9.89. The van der Waals surface area contributed by atoms with E-state index in [1.807, 2.05) is 72.8 Å². The van der Waals surface area contributed by atoms with E-state index in [4.69, 9.17) is 4.74 Å². The molecule has 2 atom stereocenters. The molecule has 1 aliphatic rings. The van der Waals surface area contributed by atoms with Gasteiger partial charge in [-0.3, -0.25) is 9.59 Å². The number of carbonyl (C=O) groups excluding carboxylic acids is 2. The summed E-state index contributed by atoms with van der Waals surface area (Å²) in [6.07, 6.45) is 0.564. The molecule has 3 N–H and O–H groups in total. The van der Waals surface area contributed by atoms with Crippen molar-refractivity contribution in [1.29, 1.82) is 0 Å². The molecule has 1 aromatic heterocycles. The Morgan fingerprint density at radius 1 is 0.971 bits per heavy atom. The molecule has 3 aromatic carbocycles. The fraction of sp³-hybridized carbons (Fsp3) is 0.222. The Kier molecular flexibility index (Phi) is 6.35. The standard InChI is InChI=1S/C27H26N4O3/c32-25(34-17-18-8-2-1-3-9-18)15-23(26-29-21-12-6-7-13-22(21)30-26)31-27(33)24-14-19-10-4-5-11-20(19)16-28-24/h1-13,23-24,28H,14-17H2,(H,29,30)(H,31,33)/t23-,24-/m0/s1. The fourth-order valence-electron chi connectivity index (χ4n) is 4.23. The van der Waals surface area contributed by atoms with E-state index in [0.717, 1.165) is 22.2 Å². The predicted molar refractivity (Wildman–Crippen MR) is 129 cm³/mol. The van der Waals surface area contributed by atoms with E-state index in [9.17, 15) is 9.59 Å². The summed E-state index contributed by atoms with van der Waals surface area (Å²) in [5, 5.41) is 6.33. The SMILES string of the molecule is O=C(C[C@H](NC(=O)[C@@H]1Cc2ccccc2CN1)c1nc2ccccc2[nH]1)OCc1ccccc1. The highest BCUT2D eigenvalue weighted by Gasteiger charge is 2.29. The zero-order chi connectivity index (χ0) is 23.3. The van der Waals surface area contributed by atoms with Gasteiger partial charge in [0.15, 0.2) is 0 Å². The van der Waals surface area contributed by atoms with Crippen LogP contribution in [0.15, 0.2) is 78.9 Å². The summed E-state index contributed by atoms with van der Waals surface area (Å²) in [5.74, 6) is -0.0465. The smallest absolute Gasteiger partial charge is 0.308 e. The number of imidazole rings is 1. The lowest BCUT2D eigenvalue weighted by molar-refractivity contribution is -0.145. The average Bonchev–Trinajstić information content (AvgIpc) is 3.32. The van der Waals surface area contributed by atoms with Gasteiger partial charge in [-0.2, -0.15) is 0 Å². The molecule has 4 aromatic rings. The van der Waals surface area contributed by atoms with Crippen molar-refractivity contribution in [1.82, 2.24) is 20.6 Å². The van der Waals surface area contributed by atoms with Gasteiger partial charge in [-0.05, 0) is 35.2 Å². The monoisotopic (exact) mass is 454 g/mol. The summed E-state index contributed by atoms with van der Waals surface area (Å²) in [6.45, 7) is 0.810. The van der Waals surface area contributed by atoms with Gasteiger partial charge in [-0.25, -0.2) is 4.98 Å². The van der Waals surface area contributed by atoms with Gasteiger partial charge in [-0.1, -0.05) is 66.7 Å². The number of rotatable bonds is 7. The molecule has 1 amide bonds. The van der Waals surface area contributed by atoms with Crippen molar-refractivity contribution in [3.05, 3.63) is 101 Å². The highest BCUT2D eigenvalue weighted by Crippen LogP contribution is 2.21. The molecule has 0 aliphatic carbocycles. The number of aromatic amines is 1. The van der Waals surface area contributed by atoms with Crippen LogP contribution in [-0.2, 0) is 33.9 Å². The van der Waals surface area contributed by atoms with E-state index < -0.39 is 12.0 Å². The summed E-state index contributed by atoms with van der Waals surface area (Å²) in [6, 6.07) is 24.2. The minimum Gasteiger partial charge on any atom is -0.461 e. The van der Waals surface area contributed by atoms with Gasteiger partial charge in [0.2, 0.25) is 5.91 Å². The largest absolute Gasteiger partial charge is 0.461 e. The number of nitrogens with zero attached hydrogens (tertiary/aromatic N) is 1. The first-order valence-electron chi connectivity index (χ1n) is 11.4. The van der Waals surface area contributed by atoms with E-state index in [-0.39, 0.29) is 25.0 Å². The Hall–Kier alpha value is -3.97. The molecule has 0 saturated carbocycles. The third-order valence-electron chi connectivity index (χ3n) is 6.07. The fourth-order valence-corrected chi connectivity index (χ4v) is 4.23. The lowest BCUT2D eigenvalue weighted by atomic mass is 9.95. The minimum absolute atomic E-state index is 0.0261. The second-order valence-corrected chi connectivity index (χ2v) is 8.46. The molecule has 5 rings (SSSR count). The zero-order valence-electron chi connectivity index (χ0n) is 18.7. The summed E-state index contributed by atoms with van der Waals surface area (Å²) < 4.78 is 5.48. The number of hydrogen-bond donors (Lipinski definition) is 3. The average molecular weight is 455 g/mol. The molecule has 7 nitrogen and oxygen atoms in total. The number of aromatic nitrogens is 2. The van der Waals surface area contributed by atoms with Gasteiger partial charge in [0, 0.05) is 6.54 Å². The third-order valence-corrected chi connectivity index (χ3v) is 6.07. The molecular weight excluding hydrogens is 428 g/mol. The summed E-state index contributed by atoms with van der Waals surface area (Å²) in [4.78, 5) is 33.8. The van der Waals surface area contributed by atoms with Crippen LogP contribution in [0.2, 0.25) is 0 Å². The van der Waals surface area contributed by atoms with Crippen LogP contribution < -0.4 is 10.6 Å². The van der Waals surface area contributed by atoms with E-state index in [2.05, 4.69) is 26.7 Å². The van der Waals surface area contributed by atoms with Gasteiger partial charge in [-0.15, -0.1) is 0 Å².